The number of rotatable bonds is 11. The Labute approximate surface area is 314 Å². The fraction of sp³-hybridized carbons (Fsp3) is 0.744. The largest absolute Gasteiger partial charge is 0.481 e. The Morgan fingerprint density at radius 1 is 0.962 bits per heavy atom. The lowest BCUT2D eigenvalue weighted by Gasteiger charge is -2.72. The van der Waals surface area contributed by atoms with Gasteiger partial charge in [0.25, 0.3) is 5.91 Å². The van der Waals surface area contributed by atoms with Crippen molar-refractivity contribution in [3.63, 3.8) is 0 Å². The van der Waals surface area contributed by atoms with Gasteiger partial charge in [0.2, 0.25) is 0 Å². The SMILES string of the molecule is CC(C)C1=C2[C@H]3CCC4C(C)(CCC5C(C)(C)C(OC(=O)CC(C)(C)C(=O)O)CC[C@@]54C)[C@]3(C)CC[C@@]2(C(=O)CNCc2ccc(C(N)=O)o2)CC1=O. The lowest BCUT2D eigenvalue weighted by Crippen LogP contribution is -2.66. The number of hydrogen-bond donors (Lipinski definition) is 3. The van der Waals surface area contributed by atoms with E-state index in [2.05, 4.69) is 53.8 Å². The van der Waals surface area contributed by atoms with Crippen molar-refractivity contribution >= 4 is 29.4 Å². The average molecular weight is 735 g/mol. The van der Waals surface area contributed by atoms with Crippen LogP contribution < -0.4 is 11.1 Å². The molecule has 5 aliphatic rings. The van der Waals surface area contributed by atoms with E-state index in [1.807, 2.05) is 0 Å². The summed E-state index contributed by atoms with van der Waals surface area (Å²) in [6.07, 6.45) is 7.01. The summed E-state index contributed by atoms with van der Waals surface area (Å²) >= 11 is 0. The zero-order valence-electron chi connectivity index (χ0n) is 33.4. The molecule has 4 fully saturated rings. The molecule has 4 unspecified atom stereocenters. The summed E-state index contributed by atoms with van der Waals surface area (Å²) in [4.78, 5) is 64.7. The molecule has 0 radical (unpaired) electrons. The summed E-state index contributed by atoms with van der Waals surface area (Å²) in [7, 11) is 0. The maximum atomic E-state index is 14.5. The number of ketones is 2. The van der Waals surface area contributed by atoms with Crippen molar-refractivity contribution in [3.8, 4) is 0 Å². The third-order valence-corrected chi connectivity index (χ3v) is 15.8. The number of ether oxygens (including phenoxy) is 1. The van der Waals surface area contributed by atoms with Crippen molar-refractivity contribution in [1.29, 1.82) is 0 Å². The van der Waals surface area contributed by atoms with E-state index in [-0.39, 0.29) is 82.9 Å². The van der Waals surface area contributed by atoms with Gasteiger partial charge in [-0.3, -0.25) is 24.0 Å². The van der Waals surface area contributed by atoms with Gasteiger partial charge in [0.15, 0.2) is 17.3 Å². The standard InChI is InChI=1S/C43H62N2O8/c1-24(2)34-27(46)20-43(31(47)23-45-22-25-10-12-28(52-25)36(44)49)19-18-41(8)26(35(34)43)11-13-30-40(7)16-15-32(53-33(48)21-38(3,4)37(50)51)39(5,6)29(40)14-17-42(30,41)9/h10,12,24,26,29-30,32,45H,11,13-23H2,1-9H3,(H2,44,49)(H,50,51)/t26-,29?,30?,32?,40+,41-,42?,43+/m1/s1. The molecule has 0 saturated heterocycles. The van der Waals surface area contributed by atoms with E-state index in [4.69, 9.17) is 14.9 Å². The monoisotopic (exact) mass is 734 g/mol. The number of carboxylic acid groups (broad SMARTS) is 1. The van der Waals surface area contributed by atoms with Crippen molar-refractivity contribution in [1.82, 2.24) is 5.32 Å². The first-order chi connectivity index (χ1) is 24.5. The highest BCUT2D eigenvalue weighted by Crippen LogP contribution is 2.76. The number of Topliss-reactive ketones (excluding diaryl/α,β-unsaturated/α-hetero) is 2. The van der Waals surface area contributed by atoms with Crippen molar-refractivity contribution < 1.29 is 38.2 Å². The van der Waals surface area contributed by atoms with Gasteiger partial charge in [-0.15, -0.1) is 0 Å². The molecule has 5 aliphatic carbocycles. The Morgan fingerprint density at radius 2 is 1.66 bits per heavy atom. The maximum absolute atomic E-state index is 14.5. The van der Waals surface area contributed by atoms with Crippen LogP contribution >= 0.6 is 0 Å². The molecule has 0 bridgehead atoms. The van der Waals surface area contributed by atoms with Crippen molar-refractivity contribution in [2.24, 2.45) is 61.9 Å². The van der Waals surface area contributed by atoms with Crippen LogP contribution in [-0.2, 0) is 30.5 Å². The topological polar surface area (TPSA) is 166 Å². The fourth-order valence-electron chi connectivity index (χ4n) is 12.9. The Morgan fingerprint density at radius 3 is 2.28 bits per heavy atom. The van der Waals surface area contributed by atoms with Crippen LogP contribution in [-0.4, -0.2) is 47.2 Å². The Balaban J connectivity index is 1.25. The Hall–Kier alpha value is -3.27. The summed E-state index contributed by atoms with van der Waals surface area (Å²) < 4.78 is 11.7. The van der Waals surface area contributed by atoms with Gasteiger partial charge in [-0.1, -0.05) is 48.5 Å². The highest BCUT2D eigenvalue weighted by molar-refractivity contribution is 6.07. The molecule has 10 heteroatoms. The van der Waals surface area contributed by atoms with Gasteiger partial charge in [0, 0.05) is 11.8 Å². The van der Waals surface area contributed by atoms with Crippen LogP contribution in [0.5, 0.6) is 0 Å². The maximum Gasteiger partial charge on any atom is 0.309 e. The number of amides is 1. The second-order valence-electron chi connectivity index (χ2n) is 19.6. The van der Waals surface area contributed by atoms with Crippen LogP contribution in [0.25, 0.3) is 0 Å². The van der Waals surface area contributed by atoms with Crippen LogP contribution in [0.15, 0.2) is 27.7 Å². The van der Waals surface area contributed by atoms with Gasteiger partial charge in [-0.25, -0.2) is 0 Å². The molecule has 0 spiro atoms. The first-order valence-corrected chi connectivity index (χ1v) is 19.9. The zero-order valence-corrected chi connectivity index (χ0v) is 33.4. The Bertz CT molecular complexity index is 1740. The first-order valence-electron chi connectivity index (χ1n) is 19.9. The molecule has 292 valence electrons. The number of furan rings is 1. The quantitative estimate of drug-likeness (QED) is 0.196. The number of nitrogens with two attached hydrogens (primary N) is 1. The molecule has 4 N–H and O–H groups in total. The molecule has 8 atom stereocenters. The minimum atomic E-state index is -1.18. The molecule has 1 aromatic heterocycles. The summed E-state index contributed by atoms with van der Waals surface area (Å²) in [5.41, 5.74) is 4.98. The summed E-state index contributed by atoms with van der Waals surface area (Å²) in [6.45, 7) is 19.6. The molecule has 53 heavy (non-hydrogen) atoms. The van der Waals surface area contributed by atoms with Gasteiger partial charge in [0.05, 0.1) is 30.3 Å². The number of fused-ring (bicyclic) bond motifs is 7. The summed E-state index contributed by atoms with van der Waals surface area (Å²) in [5.74, 6) is -0.391. The van der Waals surface area contributed by atoms with E-state index in [1.165, 1.54) is 6.07 Å². The van der Waals surface area contributed by atoms with Crippen molar-refractivity contribution in [2.45, 2.75) is 139 Å². The predicted octanol–water partition coefficient (Wildman–Crippen LogP) is 7.43. The molecule has 1 amide bonds. The van der Waals surface area contributed by atoms with E-state index >= 15 is 0 Å². The number of primary amides is 1. The number of aliphatic carboxylic acids is 1. The zero-order chi connectivity index (χ0) is 39.1. The fourth-order valence-corrected chi connectivity index (χ4v) is 12.9. The van der Waals surface area contributed by atoms with Crippen LogP contribution in [0.2, 0.25) is 0 Å². The number of esters is 1. The van der Waals surface area contributed by atoms with Crippen LogP contribution in [0, 0.1) is 56.2 Å². The second kappa shape index (κ2) is 13.2. The van der Waals surface area contributed by atoms with E-state index in [9.17, 15) is 29.1 Å². The van der Waals surface area contributed by atoms with Gasteiger partial charge >= 0.3 is 11.9 Å². The lowest BCUT2D eigenvalue weighted by atomic mass is 9.33. The van der Waals surface area contributed by atoms with Crippen molar-refractivity contribution in [3.05, 3.63) is 34.8 Å². The number of hydrogen-bond acceptors (Lipinski definition) is 8. The van der Waals surface area contributed by atoms with E-state index in [0.29, 0.717) is 24.0 Å². The molecule has 10 nitrogen and oxygen atoms in total. The summed E-state index contributed by atoms with van der Waals surface area (Å²) in [5, 5.41) is 12.8. The highest BCUT2D eigenvalue weighted by Gasteiger charge is 2.71. The van der Waals surface area contributed by atoms with Crippen LogP contribution in [0.3, 0.4) is 0 Å². The van der Waals surface area contributed by atoms with Gasteiger partial charge in [-0.05, 0) is 128 Å². The molecular weight excluding hydrogens is 672 g/mol. The van der Waals surface area contributed by atoms with E-state index in [1.54, 1.807) is 19.9 Å². The van der Waals surface area contributed by atoms with Crippen molar-refractivity contribution in [2.75, 3.05) is 6.54 Å². The number of allylic oxidation sites excluding steroid dienone is 2. The third kappa shape index (κ3) is 6.04. The molecule has 6 rings (SSSR count). The summed E-state index contributed by atoms with van der Waals surface area (Å²) in [6, 6.07) is 3.21. The average Bonchev–Trinajstić information content (AvgIpc) is 3.65. The van der Waals surface area contributed by atoms with Crippen LogP contribution in [0.1, 0.15) is 143 Å². The molecular formula is C43H62N2O8. The third-order valence-electron chi connectivity index (χ3n) is 15.8. The minimum absolute atomic E-state index is 0.0160. The van der Waals surface area contributed by atoms with Gasteiger partial charge in [-0.2, -0.15) is 0 Å². The number of carboxylic acids is 1. The lowest BCUT2D eigenvalue weighted by molar-refractivity contribution is -0.233. The minimum Gasteiger partial charge on any atom is -0.481 e. The first kappa shape index (κ1) is 39.4. The normalized spacial score (nSPS) is 36.3. The second-order valence-corrected chi connectivity index (χ2v) is 19.6. The molecule has 0 aliphatic heterocycles. The highest BCUT2D eigenvalue weighted by atomic mass is 16.5. The molecule has 0 aromatic carbocycles. The Kier molecular flexibility index (Phi) is 9.81. The number of carbonyl (C=O) groups is 5. The van der Waals surface area contributed by atoms with Crippen LogP contribution in [0.4, 0.5) is 0 Å². The van der Waals surface area contributed by atoms with Gasteiger partial charge in [0.1, 0.15) is 11.9 Å². The number of carbonyl (C=O) groups excluding carboxylic acids is 4. The van der Waals surface area contributed by atoms with Gasteiger partial charge < -0.3 is 25.3 Å². The number of nitrogens with one attached hydrogen (secondary N) is 1. The van der Waals surface area contributed by atoms with E-state index in [0.717, 1.165) is 56.1 Å². The molecule has 4 saturated carbocycles. The smallest absolute Gasteiger partial charge is 0.309 e. The predicted molar refractivity (Wildman–Crippen MR) is 199 cm³/mol. The van der Waals surface area contributed by atoms with E-state index < -0.39 is 28.7 Å². The molecule has 1 heterocycles. The molecule has 1 aromatic rings.